The van der Waals surface area contributed by atoms with E-state index >= 15 is 0 Å². The summed E-state index contributed by atoms with van der Waals surface area (Å²) in [6.07, 6.45) is 0.0327. The third-order valence-electron chi connectivity index (χ3n) is 4.35. The first-order valence-electron chi connectivity index (χ1n) is 8.89. The van der Waals surface area contributed by atoms with Gasteiger partial charge in [0.25, 0.3) is 0 Å². The van der Waals surface area contributed by atoms with Crippen molar-refractivity contribution in [2.75, 3.05) is 10.2 Å². The van der Waals surface area contributed by atoms with Crippen LogP contribution in [-0.4, -0.2) is 31.9 Å². The zero-order valence-corrected chi connectivity index (χ0v) is 17.1. The molecule has 0 atom stereocenters. The molecule has 30 heavy (non-hydrogen) atoms. The summed E-state index contributed by atoms with van der Waals surface area (Å²) >= 11 is 0. The van der Waals surface area contributed by atoms with Gasteiger partial charge in [0, 0.05) is 11.4 Å². The number of nitrogens with zero attached hydrogens (tertiary/aromatic N) is 3. The molecule has 0 fully saturated rings. The summed E-state index contributed by atoms with van der Waals surface area (Å²) in [6.45, 7) is 3.68. The predicted molar refractivity (Wildman–Crippen MR) is 113 cm³/mol. The summed E-state index contributed by atoms with van der Waals surface area (Å²) in [7, 11) is -4.85. The van der Waals surface area contributed by atoms with Gasteiger partial charge < -0.3 is 16.8 Å². The molecule has 1 aliphatic heterocycles. The zero-order chi connectivity index (χ0) is 22.1. The molecule has 0 aromatic heterocycles. The van der Waals surface area contributed by atoms with Crippen LogP contribution in [0.2, 0.25) is 0 Å². The lowest BCUT2D eigenvalue weighted by molar-refractivity contribution is -0.115. The zero-order valence-electron chi connectivity index (χ0n) is 16.3. The van der Waals surface area contributed by atoms with Crippen molar-refractivity contribution >= 4 is 39.4 Å². The van der Waals surface area contributed by atoms with Crippen LogP contribution in [0.3, 0.4) is 0 Å². The SMILES string of the molecule is CC1(C)N=C(N)N=C(N)N1c1ccc(CC(=O)Nc2cccc(S(=O)(=O)F)c2)cc1. The number of aliphatic imine (C=N–C) groups is 2. The molecule has 2 aromatic rings. The van der Waals surface area contributed by atoms with Gasteiger partial charge in [0.1, 0.15) is 10.6 Å². The summed E-state index contributed by atoms with van der Waals surface area (Å²) in [6, 6.07) is 12.0. The van der Waals surface area contributed by atoms with Crippen LogP contribution >= 0.6 is 0 Å². The fourth-order valence-corrected chi connectivity index (χ4v) is 3.64. The summed E-state index contributed by atoms with van der Waals surface area (Å²) in [5, 5.41) is 2.55. The Hall–Kier alpha value is -3.47. The van der Waals surface area contributed by atoms with E-state index in [1.54, 1.807) is 29.2 Å². The van der Waals surface area contributed by atoms with Crippen molar-refractivity contribution in [1.82, 2.24) is 0 Å². The van der Waals surface area contributed by atoms with Crippen LogP contribution in [0.25, 0.3) is 0 Å². The molecular formula is C19H21FN6O3S. The summed E-state index contributed by atoms with van der Waals surface area (Å²) in [5.74, 6) is -0.0692. The summed E-state index contributed by atoms with van der Waals surface area (Å²) in [5.41, 5.74) is 12.6. The molecule has 0 saturated heterocycles. The molecule has 0 bridgehead atoms. The Morgan fingerprint density at radius 2 is 1.83 bits per heavy atom. The number of nitrogens with one attached hydrogen (secondary N) is 1. The number of benzene rings is 2. The lowest BCUT2D eigenvalue weighted by Gasteiger charge is -2.38. The largest absolute Gasteiger partial charge is 0.369 e. The van der Waals surface area contributed by atoms with Crippen LogP contribution in [0, 0.1) is 0 Å². The Balaban J connectivity index is 1.71. The topological polar surface area (TPSA) is 143 Å². The van der Waals surface area contributed by atoms with Crippen molar-refractivity contribution in [2.45, 2.75) is 30.8 Å². The number of hydrogen-bond donors (Lipinski definition) is 3. The number of amides is 1. The molecular weight excluding hydrogens is 411 g/mol. The standard InChI is InChI=1S/C19H21FN6O3S/c1-19(2)25-17(21)24-18(22)26(19)14-8-6-12(7-9-14)10-16(27)23-13-4-3-5-15(11-13)30(20,28)29/h3-9,11H,10H2,1-2H3,(H,23,27)(H4,21,22,24,25). The van der Waals surface area contributed by atoms with E-state index in [0.29, 0.717) is 5.56 Å². The first kappa shape index (κ1) is 21.2. The van der Waals surface area contributed by atoms with Gasteiger partial charge in [0.2, 0.25) is 17.8 Å². The number of rotatable bonds is 5. The third kappa shape index (κ3) is 4.74. The molecule has 0 aliphatic carbocycles. The minimum Gasteiger partial charge on any atom is -0.369 e. The van der Waals surface area contributed by atoms with E-state index in [9.17, 15) is 17.1 Å². The molecule has 2 aromatic carbocycles. The van der Waals surface area contributed by atoms with Gasteiger partial charge in [-0.2, -0.15) is 13.4 Å². The molecule has 9 nitrogen and oxygen atoms in total. The van der Waals surface area contributed by atoms with Gasteiger partial charge in [-0.1, -0.05) is 18.2 Å². The maximum Gasteiger partial charge on any atom is 0.332 e. The van der Waals surface area contributed by atoms with E-state index in [1.807, 2.05) is 13.8 Å². The first-order valence-corrected chi connectivity index (χ1v) is 10.3. The fourth-order valence-electron chi connectivity index (χ4n) is 3.13. The smallest absolute Gasteiger partial charge is 0.332 e. The van der Waals surface area contributed by atoms with Crippen molar-refractivity contribution in [2.24, 2.45) is 21.5 Å². The summed E-state index contributed by atoms with van der Waals surface area (Å²) < 4.78 is 35.1. The molecule has 0 saturated carbocycles. The van der Waals surface area contributed by atoms with E-state index in [1.165, 1.54) is 12.1 Å². The van der Waals surface area contributed by atoms with Gasteiger partial charge in [0.15, 0.2) is 0 Å². The number of carbonyl (C=O) groups is 1. The second-order valence-corrected chi connectivity index (χ2v) is 8.47. The Morgan fingerprint density at radius 1 is 1.17 bits per heavy atom. The highest BCUT2D eigenvalue weighted by molar-refractivity contribution is 7.86. The lowest BCUT2D eigenvalue weighted by Crippen LogP contribution is -2.54. The lowest BCUT2D eigenvalue weighted by atomic mass is 10.1. The maximum absolute atomic E-state index is 13.1. The molecule has 3 rings (SSSR count). The van der Waals surface area contributed by atoms with Crippen molar-refractivity contribution in [3.05, 3.63) is 54.1 Å². The van der Waals surface area contributed by atoms with Crippen molar-refractivity contribution in [1.29, 1.82) is 0 Å². The van der Waals surface area contributed by atoms with Crippen LogP contribution in [-0.2, 0) is 21.4 Å². The highest BCUT2D eigenvalue weighted by Crippen LogP contribution is 2.27. The van der Waals surface area contributed by atoms with Gasteiger partial charge in [-0.05, 0) is 49.7 Å². The number of carbonyl (C=O) groups excluding carboxylic acids is 1. The normalized spacial score (nSPS) is 15.9. The number of nitrogens with two attached hydrogens (primary N) is 2. The molecule has 158 valence electrons. The van der Waals surface area contributed by atoms with Crippen molar-refractivity contribution < 1.29 is 17.1 Å². The Morgan fingerprint density at radius 3 is 2.43 bits per heavy atom. The van der Waals surface area contributed by atoms with E-state index in [-0.39, 0.29) is 29.9 Å². The van der Waals surface area contributed by atoms with Crippen molar-refractivity contribution in [3.8, 4) is 0 Å². The van der Waals surface area contributed by atoms with Crippen LogP contribution < -0.4 is 21.7 Å². The molecule has 1 aliphatic rings. The second kappa shape index (κ2) is 7.75. The molecule has 0 radical (unpaired) electrons. The molecule has 11 heteroatoms. The highest BCUT2D eigenvalue weighted by atomic mass is 32.3. The van der Waals surface area contributed by atoms with Crippen LogP contribution in [0.4, 0.5) is 15.3 Å². The number of anilines is 2. The van der Waals surface area contributed by atoms with Crippen LogP contribution in [0.1, 0.15) is 19.4 Å². The Labute approximate surface area is 173 Å². The van der Waals surface area contributed by atoms with Gasteiger partial charge in [-0.25, -0.2) is 4.99 Å². The molecule has 1 amide bonds. The Kier molecular flexibility index (Phi) is 5.49. The first-order chi connectivity index (χ1) is 14.0. The molecule has 5 N–H and O–H groups in total. The monoisotopic (exact) mass is 432 g/mol. The van der Waals surface area contributed by atoms with Crippen molar-refractivity contribution in [3.63, 3.8) is 0 Å². The number of halogens is 1. The van der Waals surface area contributed by atoms with Crippen LogP contribution in [0.15, 0.2) is 63.4 Å². The molecule has 0 spiro atoms. The average molecular weight is 432 g/mol. The molecule has 0 unspecified atom stereocenters. The van der Waals surface area contributed by atoms with E-state index in [2.05, 4.69) is 15.3 Å². The molecule has 1 heterocycles. The van der Waals surface area contributed by atoms with E-state index in [4.69, 9.17) is 11.5 Å². The van der Waals surface area contributed by atoms with E-state index < -0.39 is 20.8 Å². The maximum atomic E-state index is 13.1. The van der Waals surface area contributed by atoms with Crippen LogP contribution in [0.5, 0.6) is 0 Å². The summed E-state index contributed by atoms with van der Waals surface area (Å²) in [4.78, 5) is 21.8. The van der Waals surface area contributed by atoms with Gasteiger partial charge >= 0.3 is 10.2 Å². The average Bonchev–Trinajstić information content (AvgIpc) is 2.61. The second-order valence-electron chi connectivity index (χ2n) is 7.13. The highest BCUT2D eigenvalue weighted by Gasteiger charge is 2.32. The quantitative estimate of drug-likeness (QED) is 0.614. The minimum atomic E-state index is -4.85. The van der Waals surface area contributed by atoms with E-state index in [0.717, 1.165) is 17.8 Å². The number of hydrogen-bond acceptors (Lipinski definition) is 8. The van der Waals surface area contributed by atoms with Gasteiger partial charge in [0.05, 0.1) is 6.42 Å². The number of guanidine groups is 2. The minimum absolute atomic E-state index is 0.0327. The van der Waals surface area contributed by atoms with Gasteiger partial charge in [-0.15, -0.1) is 3.89 Å². The predicted octanol–water partition coefficient (Wildman–Crippen LogP) is 1.71. The van der Waals surface area contributed by atoms with Gasteiger partial charge in [-0.3, -0.25) is 9.69 Å². The third-order valence-corrected chi connectivity index (χ3v) is 5.17. The Bertz CT molecular complexity index is 1140. The fraction of sp³-hybridized carbons (Fsp3) is 0.211.